The molecule has 0 aromatic heterocycles. The third kappa shape index (κ3) is 4.56. The number of nitrogens with one attached hydrogen (secondary N) is 2. The molecule has 0 saturated carbocycles. The average Bonchev–Trinajstić information content (AvgIpc) is 2.43. The molecular formula is C13H16Cl2N2OS. The number of amides is 1. The molecule has 1 aromatic rings. The number of piperidine rings is 1. The predicted octanol–water partition coefficient (Wildman–Crippen LogP) is 3.42. The zero-order valence-electron chi connectivity index (χ0n) is 10.4. The van der Waals surface area contributed by atoms with E-state index >= 15 is 0 Å². The van der Waals surface area contributed by atoms with E-state index in [1.807, 2.05) is 0 Å². The molecule has 0 spiro atoms. The molecule has 6 heteroatoms. The molecule has 1 amide bonds. The van der Waals surface area contributed by atoms with Crippen molar-refractivity contribution < 1.29 is 4.79 Å². The maximum Gasteiger partial charge on any atom is 0.234 e. The van der Waals surface area contributed by atoms with Crippen molar-refractivity contribution in [2.24, 2.45) is 0 Å². The molecule has 19 heavy (non-hydrogen) atoms. The quantitative estimate of drug-likeness (QED) is 0.893. The molecule has 0 bridgehead atoms. The fourth-order valence-electron chi connectivity index (χ4n) is 1.94. The van der Waals surface area contributed by atoms with Crippen LogP contribution in [0.5, 0.6) is 0 Å². The summed E-state index contributed by atoms with van der Waals surface area (Å²) in [5.41, 5.74) is 0.574. The smallest absolute Gasteiger partial charge is 0.234 e. The van der Waals surface area contributed by atoms with Gasteiger partial charge >= 0.3 is 0 Å². The normalized spacial score (nSPS) is 16.3. The number of hydrogen-bond acceptors (Lipinski definition) is 3. The molecule has 1 fully saturated rings. The van der Waals surface area contributed by atoms with Gasteiger partial charge < -0.3 is 10.6 Å². The van der Waals surface area contributed by atoms with Crippen LogP contribution in [0.25, 0.3) is 0 Å². The second-order valence-electron chi connectivity index (χ2n) is 4.41. The summed E-state index contributed by atoms with van der Waals surface area (Å²) in [4.78, 5) is 11.9. The highest BCUT2D eigenvalue weighted by atomic mass is 35.5. The number of rotatable bonds is 4. The molecule has 0 atom stereocenters. The third-order valence-electron chi connectivity index (χ3n) is 2.96. The van der Waals surface area contributed by atoms with Crippen LogP contribution in [0.2, 0.25) is 10.0 Å². The largest absolute Gasteiger partial charge is 0.324 e. The minimum absolute atomic E-state index is 0.0345. The second-order valence-corrected chi connectivity index (χ2v) is 6.48. The van der Waals surface area contributed by atoms with Gasteiger partial charge in [-0.05, 0) is 38.1 Å². The molecule has 1 aliphatic heterocycles. The zero-order valence-corrected chi connectivity index (χ0v) is 12.7. The van der Waals surface area contributed by atoms with Crippen molar-refractivity contribution in [3.8, 4) is 0 Å². The number of halogens is 2. The van der Waals surface area contributed by atoms with Gasteiger partial charge in [0.05, 0.1) is 21.5 Å². The Bertz CT molecular complexity index is 450. The van der Waals surface area contributed by atoms with E-state index in [4.69, 9.17) is 23.2 Å². The first-order valence-corrected chi connectivity index (χ1v) is 8.03. The maximum atomic E-state index is 11.9. The average molecular weight is 319 g/mol. The molecule has 0 unspecified atom stereocenters. The lowest BCUT2D eigenvalue weighted by atomic mass is 10.2. The van der Waals surface area contributed by atoms with Gasteiger partial charge in [0.2, 0.25) is 5.91 Å². The zero-order chi connectivity index (χ0) is 13.7. The van der Waals surface area contributed by atoms with E-state index in [-0.39, 0.29) is 5.91 Å². The molecule has 2 rings (SSSR count). The molecular weight excluding hydrogens is 303 g/mol. The summed E-state index contributed by atoms with van der Waals surface area (Å²) in [6.07, 6.45) is 2.24. The van der Waals surface area contributed by atoms with E-state index in [0.717, 1.165) is 25.9 Å². The van der Waals surface area contributed by atoms with Gasteiger partial charge in [0.25, 0.3) is 0 Å². The second kappa shape index (κ2) is 7.39. The van der Waals surface area contributed by atoms with Crippen LogP contribution in [-0.2, 0) is 4.79 Å². The molecule has 3 nitrogen and oxygen atoms in total. The number of anilines is 1. The van der Waals surface area contributed by atoms with Crippen LogP contribution in [0.3, 0.4) is 0 Å². The first-order valence-electron chi connectivity index (χ1n) is 6.23. The van der Waals surface area contributed by atoms with Gasteiger partial charge in [-0.2, -0.15) is 0 Å². The highest BCUT2D eigenvalue weighted by Crippen LogP contribution is 2.29. The van der Waals surface area contributed by atoms with Gasteiger partial charge in [-0.3, -0.25) is 4.79 Å². The summed E-state index contributed by atoms with van der Waals surface area (Å²) in [5, 5.41) is 7.52. The number of hydrogen-bond donors (Lipinski definition) is 2. The lowest BCUT2D eigenvalue weighted by Gasteiger charge is -2.21. The fourth-order valence-corrected chi connectivity index (χ4v) is 3.32. The van der Waals surface area contributed by atoms with Crippen molar-refractivity contribution in [1.82, 2.24) is 5.32 Å². The Balaban J connectivity index is 1.82. The Morgan fingerprint density at radius 1 is 1.37 bits per heavy atom. The Morgan fingerprint density at radius 2 is 2.11 bits per heavy atom. The molecule has 1 aliphatic rings. The standard InChI is InChI=1S/C13H16Cl2N2OS/c14-10-2-1-3-11(13(10)15)17-12(18)8-19-9-4-6-16-7-5-9/h1-3,9,16H,4-8H2,(H,17,18). The lowest BCUT2D eigenvalue weighted by molar-refractivity contribution is -0.113. The van der Waals surface area contributed by atoms with Gasteiger partial charge in [0.15, 0.2) is 0 Å². The van der Waals surface area contributed by atoms with Gasteiger partial charge in [0, 0.05) is 5.25 Å². The monoisotopic (exact) mass is 318 g/mol. The van der Waals surface area contributed by atoms with E-state index in [9.17, 15) is 4.79 Å². The Morgan fingerprint density at radius 3 is 2.84 bits per heavy atom. The van der Waals surface area contributed by atoms with Crippen molar-refractivity contribution in [3.05, 3.63) is 28.2 Å². The molecule has 1 aromatic carbocycles. The number of thioether (sulfide) groups is 1. The van der Waals surface area contributed by atoms with E-state index in [2.05, 4.69) is 10.6 Å². The molecule has 1 heterocycles. The Hall–Kier alpha value is -0.420. The minimum Gasteiger partial charge on any atom is -0.324 e. The summed E-state index contributed by atoms with van der Waals surface area (Å²) in [5.74, 6) is 0.417. The van der Waals surface area contributed by atoms with Crippen molar-refractivity contribution in [2.45, 2.75) is 18.1 Å². The molecule has 1 saturated heterocycles. The predicted molar refractivity (Wildman–Crippen MR) is 83.4 cm³/mol. The lowest BCUT2D eigenvalue weighted by Crippen LogP contribution is -2.30. The molecule has 0 radical (unpaired) electrons. The summed E-state index contributed by atoms with van der Waals surface area (Å²) < 4.78 is 0. The van der Waals surface area contributed by atoms with Crippen LogP contribution in [-0.4, -0.2) is 30.0 Å². The fraction of sp³-hybridized carbons (Fsp3) is 0.462. The van der Waals surface area contributed by atoms with Gasteiger partial charge in [-0.25, -0.2) is 0 Å². The van der Waals surface area contributed by atoms with Crippen LogP contribution in [0, 0.1) is 0 Å². The van der Waals surface area contributed by atoms with Gasteiger partial charge in [0.1, 0.15) is 0 Å². The number of carbonyl (C=O) groups is 1. The highest BCUT2D eigenvalue weighted by Gasteiger charge is 2.15. The van der Waals surface area contributed by atoms with E-state index in [0.29, 0.717) is 26.7 Å². The van der Waals surface area contributed by atoms with Crippen LogP contribution in [0.15, 0.2) is 18.2 Å². The molecule has 104 valence electrons. The van der Waals surface area contributed by atoms with Crippen molar-refractivity contribution >= 4 is 46.6 Å². The van der Waals surface area contributed by atoms with E-state index < -0.39 is 0 Å². The number of benzene rings is 1. The van der Waals surface area contributed by atoms with Crippen LogP contribution >= 0.6 is 35.0 Å². The van der Waals surface area contributed by atoms with E-state index in [1.165, 1.54) is 0 Å². The van der Waals surface area contributed by atoms with Crippen LogP contribution in [0.4, 0.5) is 5.69 Å². The maximum absolute atomic E-state index is 11.9. The third-order valence-corrected chi connectivity index (χ3v) is 5.15. The summed E-state index contributed by atoms with van der Waals surface area (Å²) >= 11 is 13.6. The van der Waals surface area contributed by atoms with Crippen molar-refractivity contribution in [3.63, 3.8) is 0 Å². The minimum atomic E-state index is -0.0345. The highest BCUT2D eigenvalue weighted by molar-refractivity contribution is 8.00. The summed E-state index contributed by atoms with van der Waals surface area (Å²) in [6, 6.07) is 5.22. The first-order chi connectivity index (χ1) is 9.16. The van der Waals surface area contributed by atoms with Crippen molar-refractivity contribution in [1.29, 1.82) is 0 Å². The van der Waals surface area contributed by atoms with E-state index in [1.54, 1.807) is 30.0 Å². The molecule has 0 aliphatic carbocycles. The SMILES string of the molecule is O=C(CSC1CCNCC1)Nc1cccc(Cl)c1Cl. The summed E-state index contributed by atoms with van der Waals surface area (Å²) in [6.45, 7) is 2.08. The van der Waals surface area contributed by atoms with Gasteiger partial charge in [-0.1, -0.05) is 29.3 Å². The Labute approximate surface area is 127 Å². The molecule has 2 N–H and O–H groups in total. The van der Waals surface area contributed by atoms with Crippen LogP contribution < -0.4 is 10.6 Å². The summed E-state index contributed by atoms with van der Waals surface area (Å²) in [7, 11) is 0. The topological polar surface area (TPSA) is 41.1 Å². The Kier molecular flexibility index (Phi) is 5.82. The number of carbonyl (C=O) groups excluding carboxylic acids is 1. The first kappa shape index (κ1) is 15.0. The van der Waals surface area contributed by atoms with Gasteiger partial charge in [-0.15, -0.1) is 11.8 Å². The van der Waals surface area contributed by atoms with Crippen LogP contribution in [0.1, 0.15) is 12.8 Å². The van der Waals surface area contributed by atoms with Crippen molar-refractivity contribution in [2.75, 3.05) is 24.2 Å².